The van der Waals surface area contributed by atoms with Gasteiger partial charge in [0.05, 0.1) is 29.6 Å². The van der Waals surface area contributed by atoms with Crippen LogP contribution in [-0.2, 0) is 17.9 Å². The molecule has 2 aliphatic rings. The number of halogens is 2. The fourth-order valence-corrected chi connectivity index (χ4v) is 2.99. The second-order valence-electron chi connectivity index (χ2n) is 6.17. The molecule has 0 N–H and O–H groups in total. The molecular weight excluding hydrogens is 371 g/mol. The molecule has 1 aromatic heterocycles. The smallest absolute Gasteiger partial charge is 0.272 e. The number of ether oxygens (including phenoxy) is 1. The standard InChI is InChI=1S/C19H20ClFN4O2/c1-3-22-17(13(2)20)11-24-8-9-25-18(19(24)26)10-15(23-25)12-27-16-6-4-14(21)5-7-16/h3-4,6,10H,1-2,5,7-9,11-12H2. The van der Waals surface area contributed by atoms with Crippen LogP contribution >= 0.6 is 11.6 Å². The largest absolute Gasteiger partial charge is 0.492 e. The lowest BCUT2D eigenvalue weighted by Crippen LogP contribution is -2.43. The summed E-state index contributed by atoms with van der Waals surface area (Å²) < 4.78 is 20.4. The van der Waals surface area contributed by atoms with Gasteiger partial charge in [0.15, 0.2) is 0 Å². The Morgan fingerprint density at radius 2 is 2.22 bits per heavy atom. The second kappa shape index (κ2) is 8.35. The van der Waals surface area contributed by atoms with Gasteiger partial charge in [-0.1, -0.05) is 24.8 Å². The highest BCUT2D eigenvalue weighted by Crippen LogP contribution is 2.22. The molecule has 0 saturated heterocycles. The first kappa shape index (κ1) is 19.1. The molecule has 0 radical (unpaired) electrons. The molecule has 1 amide bonds. The minimum absolute atomic E-state index is 0.149. The van der Waals surface area contributed by atoms with Crippen LogP contribution < -0.4 is 0 Å². The van der Waals surface area contributed by atoms with Crippen molar-refractivity contribution in [3.63, 3.8) is 0 Å². The van der Waals surface area contributed by atoms with E-state index >= 15 is 0 Å². The highest BCUT2D eigenvalue weighted by Gasteiger charge is 2.27. The fraction of sp³-hybridized carbons (Fsp3) is 0.316. The number of amides is 1. The number of hydrogen-bond acceptors (Lipinski definition) is 4. The van der Waals surface area contributed by atoms with E-state index in [1.807, 2.05) is 0 Å². The normalized spacial score (nSPS) is 17.2. The predicted molar refractivity (Wildman–Crippen MR) is 102 cm³/mol. The van der Waals surface area contributed by atoms with Crippen LogP contribution in [-0.4, -0.2) is 39.4 Å². The van der Waals surface area contributed by atoms with Crippen LogP contribution in [0.3, 0.4) is 0 Å². The second-order valence-corrected chi connectivity index (χ2v) is 6.63. The highest BCUT2D eigenvalue weighted by molar-refractivity contribution is 6.43. The predicted octanol–water partition coefficient (Wildman–Crippen LogP) is 3.72. The summed E-state index contributed by atoms with van der Waals surface area (Å²) in [5.41, 5.74) is 1.64. The van der Waals surface area contributed by atoms with Crippen molar-refractivity contribution in [2.24, 2.45) is 4.99 Å². The molecule has 0 spiro atoms. The molecule has 8 heteroatoms. The maximum absolute atomic E-state index is 13.0. The number of hydrogen-bond donors (Lipinski definition) is 0. The highest BCUT2D eigenvalue weighted by atomic mass is 35.5. The molecule has 0 bridgehead atoms. The number of aliphatic imine (C=N–C) groups is 1. The summed E-state index contributed by atoms with van der Waals surface area (Å²) in [7, 11) is 0. The summed E-state index contributed by atoms with van der Waals surface area (Å²) in [6.07, 6.45) is 5.28. The van der Waals surface area contributed by atoms with Crippen molar-refractivity contribution in [2.45, 2.75) is 26.0 Å². The molecule has 0 saturated carbocycles. The lowest BCUT2D eigenvalue weighted by atomic mass is 10.1. The molecule has 0 fully saturated rings. The average Bonchev–Trinajstić information content (AvgIpc) is 3.07. The number of aromatic nitrogens is 2. The molecule has 142 valence electrons. The molecule has 0 unspecified atom stereocenters. The van der Waals surface area contributed by atoms with Crippen molar-refractivity contribution in [3.8, 4) is 0 Å². The van der Waals surface area contributed by atoms with Gasteiger partial charge < -0.3 is 9.64 Å². The van der Waals surface area contributed by atoms with Crippen LogP contribution in [0.15, 0.2) is 59.2 Å². The molecule has 1 aliphatic carbocycles. The Bertz CT molecular complexity index is 869. The number of carbonyl (C=O) groups is 1. The van der Waals surface area contributed by atoms with Crippen molar-refractivity contribution in [1.82, 2.24) is 14.7 Å². The number of allylic oxidation sites excluding steroid dienone is 4. The monoisotopic (exact) mass is 390 g/mol. The van der Waals surface area contributed by atoms with Crippen molar-refractivity contribution >= 4 is 23.2 Å². The van der Waals surface area contributed by atoms with E-state index in [0.717, 1.165) is 0 Å². The van der Waals surface area contributed by atoms with E-state index in [0.29, 0.717) is 48.8 Å². The summed E-state index contributed by atoms with van der Waals surface area (Å²) in [6, 6.07) is 1.72. The third-order valence-electron chi connectivity index (χ3n) is 4.29. The summed E-state index contributed by atoms with van der Waals surface area (Å²) >= 11 is 5.94. The molecule has 6 nitrogen and oxygen atoms in total. The van der Waals surface area contributed by atoms with E-state index in [9.17, 15) is 9.18 Å². The minimum Gasteiger partial charge on any atom is -0.492 e. The molecular formula is C19H20ClFN4O2. The van der Waals surface area contributed by atoms with Gasteiger partial charge in [0, 0.05) is 25.6 Å². The molecule has 3 rings (SSSR count). The van der Waals surface area contributed by atoms with Gasteiger partial charge in [0.25, 0.3) is 5.91 Å². The van der Waals surface area contributed by atoms with E-state index < -0.39 is 0 Å². The van der Waals surface area contributed by atoms with Crippen molar-refractivity contribution in [2.75, 3.05) is 13.1 Å². The molecule has 27 heavy (non-hydrogen) atoms. The van der Waals surface area contributed by atoms with E-state index in [1.54, 1.807) is 21.7 Å². The van der Waals surface area contributed by atoms with Gasteiger partial charge in [-0.15, -0.1) is 0 Å². The van der Waals surface area contributed by atoms with Crippen molar-refractivity contribution in [3.05, 3.63) is 65.6 Å². The van der Waals surface area contributed by atoms with Crippen LogP contribution in [0.25, 0.3) is 0 Å². The molecule has 1 aliphatic heterocycles. The lowest BCUT2D eigenvalue weighted by molar-refractivity contribution is 0.0725. The number of carbonyl (C=O) groups excluding carboxylic acids is 1. The number of fused-ring (bicyclic) bond motifs is 1. The SMILES string of the molecule is C=CN=C(CN1CCn2nc(COC3=CC=C(F)CC3)cc2C1=O)C(=C)Cl. The zero-order valence-electron chi connectivity index (χ0n) is 14.8. The first-order valence-corrected chi connectivity index (χ1v) is 8.92. The fourth-order valence-electron chi connectivity index (χ4n) is 2.88. The van der Waals surface area contributed by atoms with Crippen LogP contribution in [0.1, 0.15) is 29.0 Å². The van der Waals surface area contributed by atoms with Gasteiger partial charge in [0.1, 0.15) is 23.8 Å². The van der Waals surface area contributed by atoms with Gasteiger partial charge in [-0.25, -0.2) is 4.39 Å². The van der Waals surface area contributed by atoms with Gasteiger partial charge in [-0.3, -0.25) is 14.5 Å². The molecule has 0 atom stereocenters. The maximum Gasteiger partial charge on any atom is 0.272 e. The van der Waals surface area contributed by atoms with E-state index in [-0.39, 0.29) is 29.9 Å². The van der Waals surface area contributed by atoms with E-state index in [4.69, 9.17) is 16.3 Å². The molecule has 1 aromatic rings. The maximum atomic E-state index is 13.0. The average molecular weight is 391 g/mol. The quantitative estimate of drug-likeness (QED) is 0.666. The van der Waals surface area contributed by atoms with E-state index in [1.165, 1.54) is 12.3 Å². The zero-order valence-corrected chi connectivity index (χ0v) is 15.6. The van der Waals surface area contributed by atoms with Gasteiger partial charge in [-0.2, -0.15) is 5.10 Å². The molecule has 0 aromatic carbocycles. The van der Waals surface area contributed by atoms with Gasteiger partial charge in [0.2, 0.25) is 0 Å². The topological polar surface area (TPSA) is 59.7 Å². The summed E-state index contributed by atoms with van der Waals surface area (Å²) in [5.74, 6) is 0.405. The van der Waals surface area contributed by atoms with Gasteiger partial charge >= 0.3 is 0 Å². The van der Waals surface area contributed by atoms with Crippen LogP contribution in [0, 0.1) is 0 Å². The third-order valence-corrected chi connectivity index (χ3v) is 4.50. The van der Waals surface area contributed by atoms with Gasteiger partial charge in [-0.05, 0) is 18.2 Å². The van der Waals surface area contributed by atoms with Crippen LogP contribution in [0.5, 0.6) is 0 Å². The van der Waals surface area contributed by atoms with Crippen molar-refractivity contribution in [1.29, 1.82) is 0 Å². The Hall–Kier alpha value is -2.67. The van der Waals surface area contributed by atoms with E-state index in [2.05, 4.69) is 23.2 Å². The Morgan fingerprint density at radius 3 is 2.89 bits per heavy atom. The van der Waals surface area contributed by atoms with Crippen molar-refractivity contribution < 1.29 is 13.9 Å². The first-order valence-electron chi connectivity index (χ1n) is 8.54. The zero-order chi connectivity index (χ0) is 19.4. The summed E-state index contributed by atoms with van der Waals surface area (Å²) in [5, 5.41) is 4.70. The third kappa shape index (κ3) is 4.54. The van der Waals surface area contributed by atoms with Crippen LogP contribution in [0.4, 0.5) is 4.39 Å². The molecule has 2 heterocycles. The lowest BCUT2D eigenvalue weighted by Gasteiger charge is -2.27. The minimum atomic E-state index is -0.156. The Morgan fingerprint density at radius 1 is 1.41 bits per heavy atom. The Labute approximate surface area is 162 Å². The summed E-state index contributed by atoms with van der Waals surface area (Å²) in [6.45, 7) is 8.76. The summed E-state index contributed by atoms with van der Waals surface area (Å²) in [4.78, 5) is 18.5. The number of nitrogens with zero attached hydrogens (tertiary/aromatic N) is 4. The Kier molecular flexibility index (Phi) is 5.91. The first-order chi connectivity index (χ1) is 13.0. The Balaban J connectivity index is 1.67. The number of rotatable bonds is 7. The van der Waals surface area contributed by atoms with Crippen LogP contribution in [0.2, 0.25) is 0 Å².